The quantitative estimate of drug-likeness (QED) is 0.205. The lowest BCUT2D eigenvalue weighted by molar-refractivity contribution is -0.145. The van der Waals surface area contributed by atoms with Crippen molar-refractivity contribution in [3.05, 3.63) is 70.8 Å². The topological polar surface area (TPSA) is 111 Å². The molecule has 2 rings (SSSR count). The molecule has 1 atom stereocenters. The molecule has 0 aromatic heterocycles. The lowest BCUT2D eigenvalue weighted by atomic mass is 10.1. The van der Waals surface area contributed by atoms with Crippen molar-refractivity contribution < 1.29 is 33.4 Å². The van der Waals surface area contributed by atoms with Gasteiger partial charge in [0, 0.05) is 31.0 Å². The average Bonchev–Trinajstić information content (AvgIpc) is 2.94. The maximum absolute atomic E-state index is 13.2. The van der Waals surface area contributed by atoms with Gasteiger partial charge in [0.2, 0.25) is 11.8 Å². The molecule has 2 aromatic rings. The van der Waals surface area contributed by atoms with Crippen LogP contribution in [0.25, 0.3) is 0 Å². The minimum Gasteiger partial charge on any atom is -0.497 e. The van der Waals surface area contributed by atoms with Gasteiger partial charge in [0.15, 0.2) is 6.29 Å². The van der Waals surface area contributed by atoms with Crippen molar-refractivity contribution in [3.8, 4) is 11.5 Å². The van der Waals surface area contributed by atoms with E-state index in [1.165, 1.54) is 7.11 Å². The molecule has 1 unspecified atom stereocenters. The monoisotopic (exact) mass is 544 g/mol. The van der Waals surface area contributed by atoms with Crippen molar-refractivity contribution in [3.63, 3.8) is 0 Å². The molecule has 9 nitrogen and oxygen atoms in total. The van der Waals surface area contributed by atoms with E-state index in [4.69, 9.17) is 25.8 Å². The van der Waals surface area contributed by atoms with Crippen molar-refractivity contribution in [2.75, 3.05) is 27.4 Å². The van der Waals surface area contributed by atoms with Gasteiger partial charge in [0.05, 0.1) is 19.8 Å². The first-order valence-electron chi connectivity index (χ1n) is 12.1. The van der Waals surface area contributed by atoms with Crippen LogP contribution in [-0.4, -0.2) is 62.4 Å². The largest absolute Gasteiger partial charge is 0.497 e. The Kier molecular flexibility index (Phi) is 12.9. The lowest BCUT2D eigenvalue weighted by Crippen LogP contribution is -2.42. The summed E-state index contributed by atoms with van der Waals surface area (Å²) in [6.45, 7) is 2.43. The van der Waals surface area contributed by atoms with E-state index in [-0.39, 0.29) is 44.2 Å². The fourth-order valence-electron chi connectivity index (χ4n) is 3.46. The summed E-state index contributed by atoms with van der Waals surface area (Å²) in [5.74, 6) is -0.0419. The maximum atomic E-state index is 13.2. The van der Waals surface area contributed by atoms with E-state index in [0.29, 0.717) is 34.9 Å². The third-order valence-electron chi connectivity index (χ3n) is 5.60. The fourth-order valence-corrected chi connectivity index (χ4v) is 3.62. The third kappa shape index (κ3) is 9.89. The van der Waals surface area contributed by atoms with Crippen LogP contribution in [0.1, 0.15) is 42.1 Å². The second-order valence-electron chi connectivity index (χ2n) is 8.24. The van der Waals surface area contributed by atoms with Gasteiger partial charge in [-0.3, -0.25) is 14.4 Å². The highest BCUT2D eigenvalue weighted by molar-refractivity contribution is 6.30. The number of aldehydes is 1. The molecule has 0 radical (unpaired) electrons. The molecule has 10 heteroatoms. The lowest BCUT2D eigenvalue weighted by Gasteiger charge is -2.23. The van der Waals surface area contributed by atoms with Crippen molar-refractivity contribution in [2.45, 2.75) is 38.8 Å². The molecule has 204 valence electrons. The summed E-state index contributed by atoms with van der Waals surface area (Å²) in [4.78, 5) is 49.9. The Balaban J connectivity index is 2.07. The Morgan fingerprint density at radius 1 is 1.08 bits per heavy atom. The molecule has 0 aliphatic heterocycles. The van der Waals surface area contributed by atoms with Crippen LogP contribution in [0.15, 0.2) is 54.6 Å². The number of rotatable bonds is 15. The van der Waals surface area contributed by atoms with E-state index < -0.39 is 12.0 Å². The number of hydrogen-bond acceptors (Lipinski definition) is 7. The zero-order valence-electron chi connectivity index (χ0n) is 21.8. The molecule has 1 N–H and O–H groups in total. The van der Waals surface area contributed by atoms with Crippen LogP contribution in [0.3, 0.4) is 0 Å². The highest BCUT2D eigenvalue weighted by atomic mass is 35.5. The second kappa shape index (κ2) is 16.1. The van der Waals surface area contributed by atoms with Gasteiger partial charge in [-0.05, 0) is 48.4 Å². The molecule has 0 saturated heterocycles. The third-order valence-corrected chi connectivity index (χ3v) is 5.84. The van der Waals surface area contributed by atoms with Crippen LogP contribution < -0.4 is 14.8 Å². The summed E-state index contributed by atoms with van der Waals surface area (Å²) in [7, 11) is 2.81. The summed E-state index contributed by atoms with van der Waals surface area (Å²) in [6.07, 6.45) is 4.55. The Morgan fingerprint density at radius 3 is 2.45 bits per heavy atom. The van der Waals surface area contributed by atoms with Crippen molar-refractivity contribution in [1.29, 1.82) is 0 Å². The van der Waals surface area contributed by atoms with Gasteiger partial charge in [-0.15, -0.1) is 0 Å². The predicted molar refractivity (Wildman–Crippen MR) is 143 cm³/mol. The smallest absolute Gasteiger partial charge is 0.328 e. The zero-order valence-corrected chi connectivity index (χ0v) is 22.5. The van der Waals surface area contributed by atoms with Crippen LogP contribution in [0.2, 0.25) is 5.02 Å². The molecule has 38 heavy (non-hydrogen) atoms. The first-order chi connectivity index (χ1) is 18.3. The summed E-state index contributed by atoms with van der Waals surface area (Å²) in [6, 6.07) is 11.2. The number of amides is 2. The Bertz CT molecular complexity index is 1120. The summed E-state index contributed by atoms with van der Waals surface area (Å²) >= 11 is 5.99. The number of ether oxygens (including phenoxy) is 3. The van der Waals surface area contributed by atoms with Crippen molar-refractivity contribution in [1.82, 2.24) is 10.2 Å². The summed E-state index contributed by atoms with van der Waals surface area (Å²) in [5.41, 5.74) is 1.27. The van der Waals surface area contributed by atoms with Crippen LogP contribution >= 0.6 is 11.6 Å². The number of carbonyl (C=O) groups is 4. The molecule has 2 aromatic carbocycles. The van der Waals surface area contributed by atoms with Crippen LogP contribution in [0, 0.1) is 0 Å². The van der Waals surface area contributed by atoms with E-state index >= 15 is 0 Å². The molecule has 0 fully saturated rings. The Morgan fingerprint density at radius 2 is 1.82 bits per heavy atom. The van der Waals surface area contributed by atoms with Gasteiger partial charge in [0.1, 0.15) is 24.1 Å². The first-order valence-corrected chi connectivity index (χ1v) is 12.5. The summed E-state index contributed by atoms with van der Waals surface area (Å²) in [5, 5.41) is 3.05. The first kappa shape index (κ1) is 30.4. The average molecular weight is 545 g/mol. The highest BCUT2D eigenvalue weighted by Crippen LogP contribution is 2.22. The number of hydrogen-bond donors (Lipinski definition) is 1. The van der Waals surface area contributed by atoms with Gasteiger partial charge in [0.25, 0.3) is 0 Å². The molecule has 0 saturated carbocycles. The molecule has 2 amide bonds. The number of benzene rings is 2. The Labute approximate surface area is 227 Å². The summed E-state index contributed by atoms with van der Waals surface area (Å²) < 4.78 is 15.6. The van der Waals surface area contributed by atoms with Gasteiger partial charge in [-0.1, -0.05) is 36.7 Å². The molecule has 0 aliphatic rings. The zero-order chi connectivity index (χ0) is 27.9. The molecular formula is C28H33ClN2O7. The SMILES string of the molecule is CCC(=O)NC(CCC(=O)N(CC=CCOc1cc(Cl)ccc1C=O)Cc1ccc(OC)cc1)C(=O)OC. The normalized spacial score (nSPS) is 11.5. The van der Waals surface area contributed by atoms with E-state index in [2.05, 4.69) is 5.32 Å². The molecule has 0 aliphatic carbocycles. The second-order valence-corrected chi connectivity index (χ2v) is 8.68. The van der Waals surface area contributed by atoms with E-state index in [9.17, 15) is 19.2 Å². The Hall–Kier alpha value is -3.85. The van der Waals surface area contributed by atoms with Gasteiger partial charge >= 0.3 is 5.97 Å². The number of esters is 1. The minimum atomic E-state index is -0.909. The molecule has 0 spiro atoms. The molecule has 0 heterocycles. The molecular weight excluding hydrogens is 512 g/mol. The number of methoxy groups -OCH3 is 2. The van der Waals surface area contributed by atoms with Gasteiger partial charge in [-0.25, -0.2) is 4.79 Å². The van der Waals surface area contributed by atoms with Crippen molar-refractivity contribution >= 4 is 35.7 Å². The van der Waals surface area contributed by atoms with E-state index in [1.807, 2.05) is 24.3 Å². The van der Waals surface area contributed by atoms with Gasteiger partial charge < -0.3 is 24.4 Å². The number of nitrogens with zero attached hydrogens (tertiary/aromatic N) is 1. The number of halogens is 1. The predicted octanol–water partition coefficient (Wildman–Crippen LogP) is 3.97. The standard InChI is InChI=1S/C28H33ClN2O7/c1-4-26(33)30-24(28(35)37-3)13-14-27(34)31(18-20-7-11-23(36-2)12-8-20)15-5-6-16-38-25-17-22(29)10-9-21(25)19-32/h5-12,17,19,24H,4,13-16,18H2,1-3H3,(H,30,33). The molecule has 0 bridgehead atoms. The van der Waals surface area contributed by atoms with Crippen molar-refractivity contribution in [2.24, 2.45) is 0 Å². The highest BCUT2D eigenvalue weighted by Gasteiger charge is 2.23. The van der Waals surface area contributed by atoms with E-state index in [0.717, 1.165) is 5.56 Å². The number of carbonyl (C=O) groups excluding carboxylic acids is 4. The van der Waals surface area contributed by atoms with Crippen LogP contribution in [0.4, 0.5) is 0 Å². The fraction of sp³-hybridized carbons (Fsp3) is 0.357. The number of nitrogens with one attached hydrogen (secondary N) is 1. The van der Waals surface area contributed by atoms with Gasteiger partial charge in [-0.2, -0.15) is 0 Å². The van der Waals surface area contributed by atoms with Crippen LogP contribution in [-0.2, 0) is 25.7 Å². The maximum Gasteiger partial charge on any atom is 0.328 e. The van der Waals surface area contributed by atoms with Crippen LogP contribution in [0.5, 0.6) is 11.5 Å². The van der Waals surface area contributed by atoms with E-state index in [1.54, 1.807) is 49.3 Å². The minimum absolute atomic E-state index is 0.0233.